The van der Waals surface area contributed by atoms with E-state index in [-0.39, 0.29) is 17.4 Å². The highest BCUT2D eigenvalue weighted by atomic mass is 35.5. The number of rotatable bonds is 4. The first-order chi connectivity index (χ1) is 9.47. The minimum Gasteiger partial charge on any atom is -0.489 e. The normalized spacial score (nSPS) is 10.3. The van der Waals surface area contributed by atoms with Crippen LogP contribution < -0.4 is 4.74 Å². The molecule has 0 radical (unpaired) electrons. The van der Waals surface area contributed by atoms with E-state index in [1.54, 1.807) is 0 Å². The molecule has 0 saturated heterocycles. The van der Waals surface area contributed by atoms with E-state index in [4.69, 9.17) is 21.4 Å². The molecule has 104 valence electrons. The predicted octanol–water partition coefficient (Wildman–Crippen LogP) is 3.90. The lowest BCUT2D eigenvalue weighted by Gasteiger charge is -2.08. The van der Waals surface area contributed by atoms with Crippen LogP contribution in [0.4, 0.5) is 8.78 Å². The lowest BCUT2D eigenvalue weighted by Crippen LogP contribution is -2.02. The van der Waals surface area contributed by atoms with Gasteiger partial charge in [0.25, 0.3) is 0 Å². The monoisotopic (exact) mass is 298 g/mol. The number of hydrogen-bond donors (Lipinski definition) is 1. The van der Waals surface area contributed by atoms with Crippen molar-refractivity contribution < 1.29 is 23.4 Å². The molecule has 1 N–H and O–H groups in total. The number of hydrogen-bond acceptors (Lipinski definition) is 2. The number of aromatic carboxylic acids is 1. The molecule has 0 unspecified atom stereocenters. The largest absolute Gasteiger partial charge is 0.489 e. The van der Waals surface area contributed by atoms with E-state index >= 15 is 0 Å². The van der Waals surface area contributed by atoms with Crippen molar-refractivity contribution in [1.29, 1.82) is 0 Å². The van der Waals surface area contributed by atoms with Crippen molar-refractivity contribution in [2.24, 2.45) is 0 Å². The van der Waals surface area contributed by atoms with Gasteiger partial charge in [-0.15, -0.1) is 0 Å². The zero-order valence-corrected chi connectivity index (χ0v) is 10.8. The lowest BCUT2D eigenvalue weighted by atomic mass is 10.2. The summed E-state index contributed by atoms with van der Waals surface area (Å²) < 4.78 is 31.7. The Kier molecular flexibility index (Phi) is 4.20. The Morgan fingerprint density at radius 3 is 2.50 bits per heavy atom. The molecule has 2 rings (SSSR count). The Bertz CT molecular complexity index is 659. The maximum absolute atomic E-state index is 13.4. The second-order valence-electron chi connectivity index (χ2n) is 3.98. The maximum Gasteiger partial charge on any atom is 0.338 e. The van der Waals surface area contributed by atoms with Crippen LogP contribution >= 0.6 is 11.6 Å². The lowest BCUT2D eigenvalue weighted by molar-refractivity contribution is 0.0692. The Morgan fingerprint density at radius 2 is 1.90 bits per heavy atom. The average molecular weight is 299 g/mol. The summed E-state index contributed by atoms with van der Waals surface area (Å²) in [5.74, 6) is -2.59. The highest BCUT2D eigenvalue weighted by Crippen LogP contribution is 2.20. The first-order valence-electron chi connectivity index (χ1n) is 5.57. The van der Waals surface area contributed by atoms with Crippen molar-refractivity contribution >= 4 is 17.6 Å². The van der Waals surface area contributed by atoms with Crippen molar-refractivity contribution in [3.8, 4) is 5.75 Å². The topological polar surface area (TPSA) is 46.5 Å². The van der Waals surface area contributed by atoms with Gasteiger partial charge in [0.1, 0.15) is 24.0 Å². The first kappa shape index (κ1) is 14.3. The van der Waals surface area contributed by atoms with Crippen molar-refractivity contribution in [2.75, 3.05) is 0 Å². The van der Waals surface area contributed by atoms with Crippen LogP contribution in [0.25, 0.3) is 0 Å². The van der Waals surface area contributed by atoms with Crippen LogP contribution in [0.15, 0.2) is 36.4 Å². The molecule has 0 spiro atoms. The zero-order chi connectivity index (χ0) is 14.7. The molecule has 0 heterocycles. The van der Waals surface area contributed by atoms with Gasteiger partial charge in [0.15, 0.2) is 0 Å². The van der Waals surface area contributed by atoms with E-state index in [1.165, 1.54) is 24.3 Å². The Labute approximate surface area is 118 Å². The summed E-state index contributed by atoms with van der Waals surface area (Å²) in [5, 5.41) is 8.66. The SMILES string of the molecule is O=C(O)c1ccc(OCc2ccc(F)c(Cl)c2)cc1F. The second kappa shape index (κ2) is 5.88. The van der Waals surface area contributed by atoms with Crippen LogP contribution in [-0.2, 0) is 6.61 Å². The number of carboxylic acids is 1. The number of ether oxygens (including phenoxy) is 1. The molecule has 0 aliphatic heterocycles. The van der Waals surface area contributed by atoms with Crippen LogP contribution in [-0.4, -0.2) is 11.1 Å². The van der Waals surface area contributed by atoms with E-state index in [0.717, 1.165) is 12.1 Å². The third-order valence-electron chi connectivity index (χ3n) is 2.56. The summed E-state index contributed by atoms with van der Waals surface area (Å²) in [4.78, 5) is 10.7. The van der Waals surface area contributed by atoms with Crippen molar-refractivity contribution in [3.05, 3.63) is 64.2 Å². The first-order valence-corrected chi connectivity index (χ1v) is 5.95. The van der Waals surface area contributed by atoms with E-state index in [9.17, 15) is 13.6 Å². The van der Waals surface area contributed by atoms with Gasteiger partial charge < -0.3 is 9.84 Å². The van der Waals surface area contributed by atoms with Gasteiger partial charge in [0.05, 0.1) is 10.6 Å². The van der Waals surface area contributed by atoms with Crippen LogP contribution in [0.1, 0.15) is 15.9 Å². The molecule has 2 aromatic carbocycles. The van der Waals surface area contributed by atoms with Crippen LogP contribution in [0.3, 0.4) is 0 Å². The second-order valence-corrected chi connectivity index (χ2v) is 4.39. The summed E-state index contributed by atoms with van der Waals surface area (Å²) in [6.07, 6.45) is 0. The molecule has 2 aromatic rings. The molecule has 0 saturated carbocycles. The standard InChI is InChI=1S/C14H9ClF2O3/c15-11-5-8(1-4-12(11)16)7-20-9-2-3-10(14(18)19)13(17)6-9/h1-6H,7H2,(H,18,19). The van der Waals surface area contributed by atoms with E-state index in [1.807, 2.05) is 0 Å². The number of halogens is 3. The Morgan fingerprint density at radius 1 is 1.15 bits per heavy atom. The smallest absolute Gasteiger partial charge is 0.338 e. The highest BCUT2D eigenvalue weighted by molar-refractivity contribution is 6.30. The van der Waals surface area contributed by atoms with Crippen LogP contribution in [0.5, 0.6) is 5.75 Å². The fraction of sp³-hybridized carbons (Fsp3) is 0.0714. The molecule has 0 amide bonds. The summed E-state index contributed by atoms with van der Waals surface area (Å²) in [6.45, 7) is 0.0614. The van der Waals surface area contributed by atoms with Crippen molar-refractivity contribution in [1.82, 2.24) is 0 Å². The molecule has 20 heavy (non-hydrogen) atoms. The van der Waals surface area contributed by atoms with E-state index < -0.39 is 23.2 Å². The minimum absolute atomic E-state index is 0.0292. The summed E-state index contributed by atoms with van der Waals surface area (Å²) in [6, 6.07) is 7.54. The molecule has 0 bridgehead atoms. The third kappa shape index (κ3) is 3.24. The Hall–Kier alpha value is -2.14. The quantitative estimate of drug-likeness (QED) is 0.931. The van der Waals surface area contributed by atoms with Gasteiger partial charge in [-0.1, -0.05) is 17.7 Å². The number of carbonyl (C=O) groups is 1. The van der Waals surface area contributed by atoms with E-state index in [2.05, 4.69) is 0 Å². The van der Waals surface area contributed by atoms with Gasteiger partial charge in [-0.05, 0) is 29.8 Å². The van der Waals surface area contributed by atoms with Gasteiger partial charge >= 0.3 is 5.97 Å². The third-order valence-corrected chi connectivity index (χ3v) is 2.85. The molecular formula is C14H9ClF2O3. The summed E-state index contributed by atoms with van der Waals surface area (Å²) in [5.41, 5.74) is 0.182. The fourth-order valence-corrected chi connectivity index (χ4v) is 1.76. The predicted molar refractivity (Wildman–Crippen MR) is 69.1 cm³/mol. The van der Waals surface area contributed by atoms with Gasteiger partial charge in [-0.25, -0.2) is 13.6 Å². The van der Waals surface area contributed by atoms with E-state index in [0.29, 0.717) is 5.56 Å². The molecule has 0 aromatic heterocycles. The minimum atomic E-state index is -1.35. The van der Waals surface area contributed by atoms with Crippen molar-refractivity contribution in [2.45, 2.75) is 6.61 Å². The number of carboxylic acid groups (broad SMARTS) is 1. The average Bonchev–Trinajstić information content (AvgIpc) is 2.40. The fourth-order valence-electron chi connectivity index (χ4n) is 1.56. The molecule has 0 aliphatic rings. The molecule has 0 aliphatic carbocycles. The summed E-state index contributed by atoms with van der Waals surface area (Å²) >= 11 is 5.62. The van der Waals surface area contributed by atoms with Gasteiger partial charge in [-0.2, -0.15) is 0 Å². The number of benzene rings is 2. The molecular weight excluding hydrogens is 290 g/mol. The van der Waals surface area contributed by atoms with Crippen molar-refractivity contribution in [3.63, 3.8) is 0 Å². The molecule has 0 atom stereocenters. The summed E-state index contributed by atoms with van der Waals surface area (Å²) in [7, 11) is 0. The molecule has 3 nitrogen and oxygen atoms in total. The van der Waals surface area contributed by atoms with Gasteiger partial charge in [-0.3, -0.25) is 0 Å². The Balaban J connectivity index is 2.09. The highest BCUT2D eigenvalue weighted by Gasteiger charge is 2.11. The van der Waals surface area contributed by atoms with Gasteiger partial charge in [0.2, 0.25) is 0 Å². The maximum atomic E-state index is 13.4. The van der Waals surface area contributed by atoms with Gasteiger partial charge in [0, 0.05) is 6.07 Å². The zero-order valence-electron chi connectivity index (χ0n) is 10.1. The molecule has 0 fully saturated rings. The molecule has 6 heteroatoms. The van der Waals surface area contributed by atoms with Crippen LogP contribution in [0.2, 0.25) is 5.02 Å². The van der Waals surface area contributed by atoms with Crippen LogP contribution in [0, 0.1) is 11.6 Å².